The van der Waals surface area contributed by atoms with Crippen molar-refractivity contribution in [2.75, 3.05) is 6.54 Å². The van der Waals surface area contributed by atoms with Crippen molar-refractivity contribution in [1.82, 2.24) is 19.7 Å². The molecule has 0 radical (unpaired) electrons. The van der Waals surface area contributed by atoms with Gasteiger partial charge >= 0.3 is 0 Å². The molecule has 0 fully saturated rings. The lowest BCUT2D eigenvalue weighted by Gasteiger charge is -2.29. The Morgan fingerprint density at radius 3 is 3.18 bits per heavy atom. The predicted octanol–water partition coefficient (Wildman–Crippen LogP) is 0.138. The van der Waals surface area contributed by atoms with E-state index >= 15 is 0 Å². The van der Waals surface area contributed by atoms with Crippen LogP contribution < -0.4 is 5.73 Å². The van der Waals surface area contributed by atoms with Crippen LogP contribution >= 0.6 is 0 Å². The van der Waals surface area contributed by atoms with Gasteiger partial charge in [0.2, 0.25) is 5.91 Å². The fourth-order valence-electron chi connectivity index (χ4n) is 2.04. The Balaban J connectivity index is 1.93. The van der Waals surface area contributed by atoms with Gasteiger partial charge < -0.3 is 15.2 Å². The van der Waals surface area contributed by atoms with Crippen molar-refractivity contribution < 1.29 is 4.79 Å². The second kappa shape index (κ2) is 5.27. The summed E-state index contributed by atoms with van der Waals surface area (Å²) in [5, 5.41) is 7.82. The molecular formula is C11H19N5O. The zero-order valence-corrected chi connectivity index (χ0v) is 10.2. The number of fused-ring (bicyclic) bond motifs is 1. The molecule has 1 amide bonds. The number of unbranched alkanes of at least 4 members (excludes halogenated alkanes) is 1. The first kappa shape index (κ1) is 12.0. The monoisotopic (exact) mass is 237 g/mol. The average molecular weight is 237 g/mol. The summed E-state index contributed by atoms with van der Waals surface area (Å²) in [7, 11) is 0. The summed E-state index contributed by atoms with van der Waals surface area (Å²) in [6.07, 6.45) is 4.53. The molecule has 17 heavy (non-hydrogen) atoms. The van der Waals surface area contributed by atoms with Gasteiger partial charge in [-0.15, -0.1) is 10.2 Å². The Bertz CT molecular complexity index is 389. The summed E-state index contributed by atoms with van der Waals surface area (Å²) in [6.45, 7) is 4.08. The van der Waals surface area contributed by atoms with Crippen LogP contribution in [0.5, 0.6) is 0 Å². The third kappa shape index (κ3) is 2.63. The first-order valence-electron chi connectivity index (χ1n) is 6.13. The van der Waals surface area contributed by atoms with E-state index in [9.17, 15) is 4.79 Å². The molecule has 1 atom stereocenters. The molecule has 1 aliphatic heterocycles. The molecule has 0 aliphatic carbocycles. The Morgan fingerprint density at radius 2 is 2.41 bits per heavy atom. The minimum Gasteiger partial charge on any atom is -0.332 e. The van der Waals surface area contributed by atoms with E-state index in [2.05, 4.69) is 17.1 Å². The largest absolute Gasteiger partial charge is 0.332 e. The van der Waals surface area contributed by atoms with Crippen LogP contribution in [-0.4, -0.2) is 38.2 Å². The van der Waals surface area contributed by atoms with E-state index in [4.69, 9.17) is 5.73 Å². The van der Waals surface area contributed by atoms with Crippen molar-refractivity contribution in [1.29, 1.82) is 0 Å². The van der Waals surface area contributed by atoms with Crippen LogP contribution in [0.2, 0.25) is 0 Å². The Hall–Kier alpha value is -1.43. The second-order valence-electron chi connectivity index (χ2n) is 4.45. The van der Waals surface area contributed by atoms with E-state index in [-0.39, 0.29) is 11.9 Å². The first-order chi connectivity index (χ1) is 8.22. The number of hydrogen-bond acceptors (Lipinski definition) is 4. The van der Waals surface area contributed by atoms with E-state index in [1.165, 1.54) is 0 Å². The van der Waals surface area contributed by atoms with Crippen LogP contribution in [0.1, 0.15) is 32.0 Å². The molecule has 1 aromatic rings. The molecular weight excluding hydrogens is 218 g/mol. The maximum atomic E-state index is 12.1. The highest BCUT2D eigenvalue weighted by atomic mass is 16.2. The van der Waals surface area contributed by atoms with Gasteiger partial charge in [0.15, 0.2) is 5.82 Å². The Morgan fingerprint density at radius 1 is 1.59 bits per heavy atom. The summed E-state index contributed by atoms with van der Waals surface area (Å²) in [4.78, 5) is 13.9. The summed E-state index contributed by atoms with van der Waals surface area (Å²) in [5.74, 6) is 0.875. The maximum absolute atomic E-state index is 12.1. The SMILES string of the molecule is CCCC[C@H](N)C(=O)N1CCn2cnnc2C1. The summed E-state index contributed by atoms with van der Waals surface area (Å²) in [5.41, 5.74) is 5.90. The quantitative estimate of drug-likeness (QED) is 0.808. The third-order valence-corrected chi connectivity index (χ3v) is 3.14. The predicted molar refractivity (Wildman–Crippen MR) is 62.9 cm³/mol. The summed E-state index contributed by atoms with van der Waals surface area (Å²) < 4.78 is 1.97. The molecule has 94 valence electrons. The molecule has 2 heterocycles. The Labute approximate surface area is 101 Å². The zero-order chi connectivity index (χ0) is 12.3. The van der Waals surface area contributed by atoms with Gasteiger partial charge in [-0.25, -0.2) is 0 Å². The van der Waals surface area contributed by atoms with E-state index < -0.39 is 0 Å². The van der Waals surface area contributed by atoms with Crippen molar-refractivity contribution in [2.24, 2.45) is 5.73 Å². The van der Waals surface area contributed by atoms with Gasteiger partial charge in [-0.1, -0.05) is 19.8 Å². The Kier molecular flexibility index (Phi) is 3.73. The highest BCUT2D eigenvalue weighted by Gasteiger charge is 2.25. The van der Waals surface area contributed by atoms with E-state index in [1.807, 2.05) is 4.57 Å². The number of amides is 1. The van der Waals surface area contributed by atoms with Gasteiger partial charge in [0.1, 0.15) is 6.33 Å². The van der Waals surface area contributed by atoms with Gasteiger partial charge in [0, 0.05) is 13.1 Å². The van der Waals surface area contributed by atoms with Crippen molar-refractivity contribution in [3.8, 4) is 0 Å². The topological polar surface area (TPSA) is 77.0 Å². The van der Waals surface area contributed by atoms with Crippen molar-refractivity contribution in [3.05, 3.63) is 12.2 Å². The van der Waals surface area contributed by atoms with E-state index in [0.717, 1.165) is 31.6 Å². The molecule has 0 unspecified atom stereocenters. The molecule has 0 saturated carbocycles. The van der Waals surface area contributed by atoms with E-state index in [0.29, 0.717) is 13.1 Å². The fraction of sp³-hybridized carbons (Fsp3) is 0.727. The molecule has 1 aliphatic rings. The van der Waals surface area contributed by atoms with Crippen LogP contribution in [0.25, 0.3) is 0 Å². The standard InChI is InChI=1S/C11H19N5O/c1-2-3-4-9(12)11(17)15-5-6-16-8-13-14-10(16)7-15/h8-9H,2-7,12H2,1H3/t9-/m0/s1. The molecule has 6 heteroatoms. The van der Waals surface area contributed by atoms with Crippen LogP contribution in [0.4, 0.5) is 0 Å². The number of hydrogen-bond donors (Lipinski definition) is 1. The zero-order valence-electron chi connectivity index (χ0n) is 10.2. The van der Waals surface area contributed by atoms with Gasteiger partial charge in [0.05, 0.1) is 12.6 Å². The molecule has 0 saturated heterocycles. The number of nitrogens with two attached hydrogens (primary N) is 1. The summed E-state index contributed by atoms with van der Waals surface area (Å²) in [6, 6.07) is -0.371. The lowest BCUT2D eigenvalue weighted by molar-refractivity contribution is -0.134. The number of aromatic nitrogens is 3. The first-order valence-corrected chi connectivity index (χ1v) is 6.13. The lowest BCUT2D eigenvalue weighted by Crippen LogP contribution is -2.46. The van der Waals surface area contributed by atoms with Crippen molar-refractivity contribution >= 4 is 5.91 Å². The number of nitrogens with zero attached hydrogens (tertiary/aromatic N) is 4. The van der Waals surface area contributed by atoms with Crippen LogP contribution in [0.15, 0.2) is 6.33 Å². The van der Waals surface area contributed by atoms with Gasteiger partial charge in [0.25, 0.3) is 0 Å². The molecule has 2 rings (SSSR count). The minimum absolute atomic E-state index is 0.0349. The van der Waals surface area contributed by atoms with Gasteiger partial charge in [-0.2, -0.15) is 0 Å². The minimum atomic E-state index is -0.371. The number of rotatable bonds is 4. The van der Waals surface area contributed by atoms with Crippen molar-refractivity contribution in [2.45, 2.75) is 45.3 Å². The highest BCUT2D eigenvalue weighted by Crippen LogP contribution is 2.11. The average Bonchev–Trinajstić information content (AvgIpc) is 2.81. The van der Waals surface area contributed by atoms with E-state index in [1.54, 1.807) is 11.2 Å². The summed E-state index contributed by atoms with van der Waals surface area (Å²) >= 11 is 0. The molecule has 0 aromatic carbocycles. The third-order valence-electron chi connectivity index (χ3n) is 3.14. The van der Waals surface area contributed by atoms with Crippen LogP contribution in [0.3, 0.4) is 0 Å². The fourth-order valence-corrected chi connectivity index (χ4v) is 2.04. The van der Waals surface area contributed by atoms with Gasteiger partial charge in [-0.3, -0.25) is 4.79 Å². The lowest BCUT2D eigenvalue weighted by atomic mass is 10.1. The normalized spacial score (nSPS) is 16.7. The molecule has 2 N–H and O–H groups in total. The highest BCUT2D eigenvalue weighted by molar-refractivity contribution is 5.81. The molecule has 1 aromatic heterocycles. The molecule has 0 bridgehead atoms. The second-order valence-corrected chi connectivity index (χ2v) is 4.45. The maximum Gasteiger partial charge on any atom is 0.239 e. The van der Waals surface area contributed by atoms with Gasteiger partial charge in [-0.05, 0) is 6.42 Å². The van der Waals surface area contributed by atoms with Crippen molar-refractivity contribution in [3.63, 3.8) is 0 Å². The number of carbonyl (C=O) groups is 1. The number of carbonyl (C=O) groups excluding carboxylic acids is 1. The van der Waals surface area contributed by atoms with Crippen LogP contribution in [-0.2, 0) is 17.9 Å². The smallest absolute Gasteiger partial charge is 0.239 e. The molecule has 6 nitrogen and oxygen atoms in total. The molecule has 0 spiro atoms. The van der Waals surface area contributed by atoms with Crippen LogP contribution in [0, 0.1) is 0 Å².